The predicted molar refractivity (Wildman–Crippen MR) is 98.7 cm³/mol. The van der Waals surface area contributed by atoms with Gasteiger partial charge in [-0.05, 0) is 36.6 Å². The second-order valence-electron chi connectivity index (χ2n) is 6.85. The van der Waals surface area contributed by atoms with Crippen LogP contribution in [0.5, 0.6) is 0 Å². The van der Waals surface area contributed by atoms with E-state index in [4.69, 9.17) is 5.11 Å². The third-order valence-corrected chi connectivity index (χ3v) is 5.78. The van der Waals surface area contributed by atoms with Crippen LogP contribution in [0.2, 0.25) is 0 Å². The van der Waals surface area contributed by atoms with Crippen molar-refractivity contribution in [2.45, 2.75) is 52.4 Å². The second-order valence-corrected chi connectivity index (χ2v) is 6.85. The molecular weight excluding hydrogens is 298 g/mol. The van der Waals surface area contributed by atoms with Gasteiger partial charge in [-0.1, -0.05) is 37.6 Å². The quantitative estimate of drug-likeness (QED) is 0.803. The van der Waals surface area contributed by atoms with Crippen molar-refractivity contribution in [2.24, 2.45) is 0 Å². The molecule has 24 heavy (non-hydrogen) atoms. The molecule has 0 spiro atoms. The normalized spacial score (nSPS) is 15.8. The first-order valence-electron chi connectivity index (χ1n) is 8.81. The van der Waals surface area contributed by atoms with Gasteiger partial charge in [-0.15, -0.1) is 0 Å². The number of carbonyl (C=O) groups is 1. The Labute approximate surface area is 143 Å². The van der Waals surface area contributed by atoms with E-state index in [9.17, 15) is 4.79 Å². The summed E-state index contributed by atoms with van der Waals surface area (Å²) in [5.74, 6) is -0.744. The summed E-state index contributed by atoms with van der Waals surface area (Å²) in [7, 11) is 0. The molecule has 0 aromatic heterocycles. The van der Waals surface area contributed by atoms with Crippen molar-refractivity contribution in [2.75, 3.05) is 6.54 Å². The van der Waals surface area contributed by atoms with Crippen LogP contribution in [0, 0.1) is 6.92 Å². The molecule has 2 aromatic rings. The summed E-state index contributed by atoms with van der Waals surface area (Å²) >= 11 is 0. The molecule has 0 aliphatic carbocycles. The van der Waals surface area contributed by atoms with Gasteiger partial charge in [-0.25, -0.2) is 0 Å². The van der Waals surface area contributed by atoms with E-state index in [1.807, 2.05) is 0 Å². The highest BCUT2D eigenvalue weighted by atomic mass is 16.4. The third-order valence-electron chi connectivity index (χ3n) is 5.78. The standard InChI is InChI=1S/C21H25NO2/c1-5-21(6-2)15(4)22(12-11-19(23)24)18-10-8-16-13-14(3)7-9-17(16)20(18)21/h7-10,13H,5-6,11-12H2,1-4H3/p+1. The number of aliphatic carboxylic acids is 1. The van der Waals surface area contributed by atoms with Gasteiger partial charge in [0.2, 0.25) is 5.69 Å². The van der Waals surface area contributed by atoms with Gasteiger partial charge in [-0.3, -0.25) is 4.79 Å². The maximum atomic E-state index is 11.1. The Morgan fingerprint density at radius 1 is 1.12 bits per heavy atom. The van der Waals surface area contributed by atoms with Crippen LogP contribution in [0.4, 0.5) is 5.69 Å². The monoisotopic (exact) mass is 324 g/mol. The molecule has 0 bridgehead atoms. The topological polar surface area (TPSA) is 40.3 Å². The summed E-state index contributed by atoms with van der Waals surface area (Å²) in [5, 5.41) is 11.7. The van der Waals surface area contributed by atoms with Crippen molar-refractivity contribution in [3.05, 3.63) is 41.5 Å². The molecule has 0 unspecified atom stereocenters. The molecule has 1 heterocycles. The van der Waals surface area contributed by atoms with Crippen LogP contribution in [0.1, 0.15) is 51.2 Å². The molecule has 0 atom stereocenters. The number of benzene rings is 2. The lowest BCUT2D eigenvalue weighted by Gasteiger charge is -2.25. The number of carboxylic acids is 1. The number of hydrogen-bond acceptors (Lipinski definition) is 1. The maximum Gasteiger partial charge on any atom is 0.309 e. The minimum absolute atomic E-state index is 0.00258. The first-order chi connectivity index (χ1) is 11.4. The number of carboxylic acid groups (broad SMARTS) is 1. The fraction of sp³-hybridized carbons (Fsp3) is 0.429. The van der Waals surface area contributed by atoms with Gasteiger partial charge in [0.1, 0.15) is 6.42 Å². The van der Waals surface area contributed by atoms with Crippen LogP contribution in [-0.2, 0) is 10.2 Å². The first kappa shape index (κ1) is 16.7. The second kappa shape index (κ2) is 6.04. The highest BCUT2D eigenvalue weighted by molar-refractivity contribution is 6.02. The Balaban J connectivity index is 2.28. The minimum atomic E-state index is -0.744. The minimum Gasteiger partial charge on any atom is -0.481 e. The smallest absolute Gasteiger partial charge is 0.309 e. The van der Waals surface area contributed by atoms with Crippen LogP contribution < -0.4 is 0 Å². The van der Waals surface area contributed by atoms with Crippen molar-refractivity contribution >= 4 is 28.1 Å². The van der Waals surface area contributed by atoms with Crippen LogP contribution >= 0.6 is 0 Å². The Morgan fingerprint density at radius 3 is 2.46 bits per heavy atom. The van der Waals surface area contributed by atoms with E-state index >= 15 is 0 Å². The van der Waals surface area contributed by atoms with Crippen molar-refractivity contribution in [3.8, 4) is 0 Å². The molecule has 2 aromatic carbocycles. The zero-order valence-electron chi connectivity index (χ0n) is 15.0. The third kappa shape index (κ3) is 2.34. The number of hydrogen-bond donors (Lipinski definition) is 1. The fourth-order valence-corrected chi connectivity index (χ4v) is 4.40. The molecular formula is C21H26NO2+. The molecule has 0 saturated carbocycles. The molecule has 0 amide bonds. The molecule has 0 fully saturated rings. The Kier molecular flexibility index (Phi) is 4.20. The van der Waals surface area contributed by atoms with Gasteiger partial charge in [0.25, 0.3) is 0 Å². The molecule has 3 nitrogen and oxygen atoms in total. The van der Waals surface area contributed by atoms with Crippen molar-refractivity contribution in [1.82, 2.24) is 0 Å². The zero-order chi connectivity index (χ0) is 17.5. The maximum absolute atomic E-state index is 11.1. The van der Waals surface area contributed by atoms with Crippen molar-refractivity contribution in [3.63, 3.8) is 0 Å². The number of aryl methyl sites for hydroxylation is 1. The summed E-state index contributed by atoms with van der Waals surface area (Å²) in [4.78, 5) is 11.1. The van der Waals surface area contributed by atoms with Gasteiger partial charge in [0, 0.05) is 18.6 Å². The van der Waals surface area contributed by atoms with E-state index < -0.39 is 5.97 Å². The molecule has 1 aliphatic rings. The molecule has 0 saturated heterocycles. The lowest BCUT2D eigenvalue weighted by atomic mass is 9.72. The average Bonchev–Trinajstić information content (AvgIpc) is 2.81. The molecule has 3 heteroatoms. The SMILES string of the molecule is CCC1(CC)C(C)=[N+](CCC(=O)O)c2ccc3cc(C)ccc3c21. The summed E-state index contributed by atoms with van der Waals surface area (Å²) in [6, 6.07) is 11.0. The van der Waals surface area contributed by atoms with Crippen molar-refractivity contribution < 1.29 is 14.5 Å². The molecule has 0 radical (unpaired) electrons. The molecule has 1 aliphatic heterocycles. The van der Waals surface area contributed by atoms with Gasteiger partial charge in [0.05, 0.1) is 5.41 Å². The van der Waals surface area contributed by atoms with Gasteiger partial charge >= 0.3 is 5.97 Å². The van der Waals surface area contributed by atoms with E-state index in [0.717, 1.165) is 12.8 Å². The summed E-state index contributed by atoms with van der Waals surface area (Å²) in [5.41, 5.74) is 5.13. The zero-order valence-corrected chi connectivity index (χ0v) is 15.0. The highest BCUT2D eigenvalue weighted by Crippen LogP contribution is 2.47. The summed E-state index contributed by atoms with van der Waals surface area (Å²) in [6.45, 7) is 9.31. The van der Waals surface area contributed by atoms with Crippen LogP contribution in [0.15, 0.2) is 30.3 Å². The van der Waals surface area contributed by atoms with Gasteiger partial charge < -0.3 is 5.11 Å². The largest absolute Gasteiger partial charge is 0.481 e. The van der Waals surface area contributed by atoms with E-state index in [-0.39, 0.29) is 11.8 Å². The summed E-state index contributed by atoms with van der Waals surface area (Å²) in [6.07, 6.45) is 2.21. The lowest BCUT2D eigenvalue weighted by molar-refractivity contribution is -0.438. The van der Waals surface area contributed by atoms with Gasteiger partial charge in [-0.2, -0.15) is 4.58 Å². The van der Waals surface area contributed by atoms with Gasteiger partial charge in [0.15, 0.2) is 12.3 Å². The average molecular weight is 324 g/mol. The van der Waals surface area contributed by atoms with E-state index in [2.05, 4.69) is 62.6 Å². The van der Waals surface area contributed by atoms with Crippen LogP contribution in [0.3, 0.4) is 0 Å². The predicted octanol–water partition coefficient (Wildman–Crippen LogP) is 4.80. The highest BCUT2D eigenvalue weighted by Gasteiger charge is 2.48. The Bertz CT molecular complexity index is 844. The van der Waals surface area contributed by atoms with Crippen molar-refractivity contribution in [1.29, 1.82) is 0 Å². The van der Waals surface area contributed by atoms with Crippen LogP contribution in [0.25, 0.3) is 10.8 Å². The molecule has 126 valence electrons. The molecule has 1 N–H and O–H groups in total. The van der Waals surface area contributed by atoms with E-state index in [0.29, 0.717) is 6.54 Å². The Hall–Kier alpha value is -2.16. The van der Waals surface area contributed by atoms with E-state index in [1.54, 1.807) is 0 Å². The van der Waals surface area contributed by atoms with E-state index in [1.165, 1.54) is 33.3 Å². The number of fused-ring (bicyclic) bond motifs is 3. The first-order valence-corrected chi connectivity index (χ1v) is 8.81. The fourth-order valence-electron chi connectivity index (χ4n) is 4.40. The Morgan fingerprint density at radius 2 is 1.83 bits per heavy atom. The lowest BCUT2D eigenvalue weighted by Crippen LogP contribution is -2.32. The number of rotatable bonds is 5. The summed E-state index contributed by atoms with van der Waals surface area (Å²) < 4.78 is 2.23. The molecule has 3 rings (SSSR count). The van der Waals surface area contributed by atoms with Crippen LogP contribution in [-0.4, -0.2) is 27.9 Å². The number of nitrogens with zero attached hydrogens (tertiary/aromatic N) is 1.